The van der Waals surface area contributed by atoms with Gasteiger partial charge in [-0.1, -0.05) is 6.92 Å². The minimum Gasteiger partial charge on any atom is -0.385 e. The van der Waals surface area contributed by atoms with Crippen molar-refractivity contribution in [2.24, 2.45) is 5.73 Å². The van der Waals surface area contributed by atoms with Crippen LogP contribution in [0.2, 0.25) is 0 Å². The van der Waals surface area contributed by atoms with E-state index in [4.69, 9.17) is 10.5 Å². The summed E-state index contributed by atoms with van der Waals surface area (Å²) in [4.78, 5) is 5.66. The van der Waals surface area contributed by atoms with E-state index in [9.17, 15) is 0 Å². The molecule has 80 valence electrons. The standard InChI is InChI=1S/C10H18N2OS/c1-8(6-11)9-7-12-10(14-9)4-3-5-13-2/h7-8H,3-6,11H2,1-2H3. The Labute approximate surface area is 89.3 Å². The van der Waals surface area contributed by atoms with E-state index in [1.807, 2.05) is 6.20 Å². The average Bonchev–Trinajstić information content (AvgIpc) is 2.66. The molecular formula is C10H18N2OS. The SMILES string of the molecule is COCCCc1ncc(C(C)CN)s1. The second-order valence-corrected chi connectivity index (χ2v) is 4.54. The zero-order valence-electron chi connectivity index (χ0n) is 8.82. The summed E-state index contributed by atoms with van der Waals surface area (Å²) in [6.45, 7) is 3.63. The number of nitrogens with zero attached hydrogens (tertiary/aromatic N) is 1. The lowest BCUT2D eigenvalue weighted by atomic mass is 10.2. The van der Waals surface area contributed by atoms with Gasteiger partial charge in [-0.3, -0.25) is 0 Å². The van der Waals surface area contributed by atoms with Crippen molar-refractivity contribution in [2.75, 3.05) is 20.3 Å². The largest absolute Gasteiger partial charge is 0.385 e. The molecule has 0 spiro atoms. The number of rotatable bonds is 6. The Morgan fingerprint density at radius 3 is 3.07 bits per heavy atom. The Kier molecular flexibility index (Phi) is 5.07. The van der Waals surface area contributed by atoms with Crippen LogP contribution in [0, 0.1) is 0 Å². The lowest BCUT2D eigenvalue weighted by molar-refractivity contribution is 0.195. The highest BCUT2D eigenvalue weighted by molar-refractivity contribution is 7.11. The minimum atomic E-state index is 0.434. The summed E-state index contributed by atoms with van der Waals surface area (Å²) in [6.07, 6.45) is 4.00. The molecular weight excluding hydrogens is 196 g/mol. The highest BCUT2D eigenvalue weighted by Gasteiger charge is 2.07. The second-order valence-electron chi connectivity index (χ2n) is 3.39. The van der Waals surface area contributed by atoms with E-state index in [0.29, 0.717) is 12.5 Å². The molecule has 0 aromatic carbocycles. The van der Waals surface area contributed by atoms with Gasteiger partial charge in [-0.2, -0.15) is 0 Å². The Balaban J connectivity index is 2.42. The van der Waals surface area contributed by atoms with Crippen molar-refractivity contribution in [1.82, 2.24) is 4.98 Å². The first-order chi connectivity index (χ1) is 6.77. The predicted molar refractivity (Wildman–Crippen MR) is 59.8 cm³/mol. The molecule has 1 heterocycles. The highest BCUT2D eigenvalue weighted by atomic mass is 32.1. The molecule has 1 atom stereocenters. The first-order valence-electron chi connectivity index (χ1n) is 4.91. The summed E-state index contributed by atoms with van der Waals surface area (Å²) >= 11 is 1.77. The number of aromatic nitrogens is 1. The third kappa shape index (κ3) is 3.36. The maximum Gasteiger partial charge on any atom is 0.0928 e. The Morgan fingerprint density at radius 2 is 2.43 bits per heavy atom. The van der Waals surface area contributed by atoms with Gasteiger partial charge in [0, 0.05) is 37.1 Å². The van der Waals surface area contributed by atoms with Crippen LogP contribution in [0.1, 0.15) is 29.1 Å². The van der Waals surface area contributed by atoms with Crippen molar-refractivity contribution >= 4 is 11.3 Å². The minimum absolute atomic E-state index is 0.434. The van der Waals surface area contributed by atoms with E-state index in [-0.39, 0.29) is 0 Å². The van der Waals surface area contributed by atoms with Crippen molar-refractivity contribution < 1.29 is 4.74 Å². The third-order valence-electron chi connectivity index (χ3n) is 2.15. The fourth-order valence-corrected chi connectivity index (χ4v) is 2.18. The lowest BCUT2D eigenvalue weighted by Crippen LogP contribution is -2.07. The third-order valence-corrected chi connectivity index (χ3v) is 3.44. The van der Waals surface area contributed by atoms with Crippen molar-refractivity contribution in [1.29, 1.82) is 0 Å². The maximum absolute atomic E-state index is 5.59. The molecule has 1 unspecified atom stereocenters. The molecule has 0 saturated heterocycles. The second kappa shape index (κ2) is 6.11. The molecule has 2 N–H and O–H groups in total. The quantitative estimate of drug-likeness (QED) is 0.734. The van der Waals surface area contributed by atoms with E-state index in [1.54, 1.807) is 18.4 Å². The summed E-state index contributed by atoms with van der Waals surface area (Å²) < 4.78 is 5.00. The van der Waals surface area contributed by atoms with Crippen LogP contribution < -0.4 is 5.73 Å². The molecule has 0 saturated carbocycles. The van der Waals surface area contributed by atoms with Crippen LogP contribution in [0.4, 0.5) is 0 Å². The molecule has 14 heavy (non-hydrogen) atoms. The molecule has 0 aliphatic carbocycles. The van der Waals surface area contributed by atoms with Gasteiger partial charge in [-0.05, 0) is 13.0 Å². The zero-order valence-corrected chi connectivity index (χ0v) is 9.64. The molecule has 1 aromatic heterocycles. The normalized spacial score (nSPS) is 13.1. The molecule has 0 radical (unpaired) electrons. The van der Waals surface area contributed by atoms with Gasteiger partial charge in [0.15, 0.2) is 0 Å². The first kappa shape index (κ1) is 11.6. The average molecular weight is 214 g/mol. The number of methoxy groups -OCH3 is 1. The highest BCUT2D eigenvalue weighted by Crippen LogP contribution is 2.22. The number of hydrogen-bond acceptors (Lipinski definition) is 4. The summed E-state index contributed by atoms with van der Waals surface area (Å²) in [5.74, 6) is 0.434. The molecule has 0 bridgehead atoms. The van der Waals surface area contributed by atoms with Crippen LogP contribution in [0.5, 0.6) is 0 Å². The first-order valence-corrected chi connectivity index (χ1v) is 5.73. The number of nitrogens with two attached hydrogens (primary N) is 1. The van der Waals surface area contributed by atoms with Gasteiger partial charge in [0.1, 0.15) is 0 Å². The van der Waals surface area contributed by atoms with E-state index in [0.717, 1.165) is 19.4 Å². The van der Waals surface area contributed by atoms with E-state index in [1.165, 1.54) is 9.88 Å². The predicted octanol–water partition coefficient (Wildman–Crippen LogP) is 1.78. The van der Waals surface area contributed by atoms with Crippen molar-refractivity contribution in [3.05, 3.63) is 16.1 Å². The molecule has 0 fully saturated rings. The number of ether oxygens (including phenoxy) is 1. The van der Waals surface area contributed by atoms with E-state index < -0.39 is 0 Å². The fraction of sp³-hybridized carbons (Fsp3) is 0.700. The smallest absolute Gasteiger partial charge is 0.0928 e. The van der Waals surface area contributed by atoms with Crippen LogP contribution in [0.15, 0.2) is 6.20 Å². The molecule has 1 aromatic rings. The van der Waals surface area contributed by atoms with Crippen molar-refractivity contribution in [3.8, 4) is 0 Å². The van der Waals surface area contributed by atoms with Crippen LogP contribution in [0.3, 0.4) is 0 Å². The summed E-state index contributed by atoms with van der Waals surface area (Å²) in [5.41, 5.74) is 5.59. The summed E-state index contributed by atoms with van der Waals surface area (Å²) in [6, 6.07) is 0. The van der Waals surface area contributed by atoms with Gasteiger partial charge in [0.25, 0.3) is 0 Å². The Morgan fingerprint density at radius 1 is 1.64 bits per heavy atom. The van der Waals surface area contributed by atoms with Crippen LogP contribution >= 0.6 is 11.3 Å². The van der Waals surface area contributed by atoms with Crippen LogP contribution in [-0.4, -0.2) is 25.2 Å². The van der Waals surface area contributed by atoms with Gasteiger partial charge in [-0.25, -0.2) is 4.98 Å². The Hall–Kier alpha value is -0.450. The van der Waals surface area contributed by atoms with Crippen molar-refractivity contribution in [2.45, 2.75) is 25.7 Å². The zero-order chi connectivity index (χ0) is 10.4. The number of thiazole rings is 1. The summed E-state index contributed by atoms with van der Waals surface area (Å²) in [7, 11) is 1.73. The van der Waals surface area contributed by atoms with E-state index in [2.05, 4.69) is 11.9 Å². The fourth-order valence-electron chi connectivity index (χ4n) is 1.15. The monoisotopic (exact) mass is 214 g/mol. The molecule has 0 amide bonds. The molecule has 4 heteroatoms. The van der Waals surface area contributed by atoms with Gasteiger partial charge in [0.05, 0.1) is 5.01 Å². The van der Waals surface area contributed by atoms with Gasteiger partial charge in [0.2, 0.25) is 0 Å². The van der Waals surface area contributed by atoms with Crippen molar-refractivity contribution in [3.63, 3.8) is 0 Å². The van der Waals surface area contributed by atoms with E-state index >= 15 is 0 Å². The molecule has 1 rings (SSSR count). The van der Waals surface area contributed by atoms with Gasteiger partial charge in [-0.15, -0.1) is 11.3 Å². The van der Waals surface area contributed by atoms with Gasteiger partial charge < -0.3 is 10.5 Å². The molecule has 0 aliphatic heterocycles. The molecule has 3 nitrogen and oxygen atoms in total. The van der Waals surface area contributed by atoms with Gasteiger partial charge >= 0.3 is 0 Å². The number of aryl methyl sites for hydroxylation is 1. The van der Waals surface area contributed by atoms with Crippen LogP contribution in [-0.2, 0) is 11.2 Å². The Bertz CT molecular complexity index is 262. The maximum atomic E-state index is 5.59. The molecule has 0 aliphatic rings. The lowest BCUT2D eigenvalue weighted by Gasteiger charge is -2.02. The topological polar surface area (TPSA) is 48.1 Å². The summed E-state index contributed by atoms with van der Waals surface area (Å²) in [5, 5.41) is 1.19. The number of hydrogen-bond donors (Lipinski definition) is 1. The van der Waals surface area contributed by atoms with Crippen LogP contribution in [0.25, 0.3) is 0 Å².